The Hall–Kier alpha value is -1.59. The van der Waals surface area contributed by atoms with Crippen molar-refractivity contribution in [1.82, 2.24) is 5.32 Å². The average molecular weight is 259 g/mol. The molecule has 0 rings (SSSR count). The van der Waals surface area contributed by atoms with Crippen LogP contribution in [-0.2, 0) is 23.9 Å². The second-order valence-electron chi connectivity index (χ2n) is 4.48. The molecule has 0 aliphatic rings. The average Bonchev–Trinajstić information content (AvgIpc) is 2.13. The highest BCUT2D eigenvalue weighted by molar-refractivity contribution is 5.87. The molecule has 1 atom stereocenters. The van der Waals surface area contributed by atoms with Gasteiger partial charge in [-0.1, -0.05) is 0 Å². The molecule has 0 aromatic rings. The van der Waals surface area contributed by atoms with Crippen molar-refractivity contribution in [2.75, 3.05) is 0 Å². The van der Waals surface area contributed by atoms with Crippen LogP contribution in [0.25, 0.3) is 0 Å². The highest BCUT2D eigenvalue weighted by Gasteiger charge is 2.26. The Kier molecular flexibility index (Phi) is 7.00. The van der Waals surface area contributed by atoms with Crippen molar-refractivity contribution in [1.29, 1.82) is 0 Å². The standard InChI is InChI=1S/C12H21NO5/c1-7(2)17-11(15)6-10(13-9(5)14)12(16)18-8(3)4/h7-8,10H,6H2,1-5H3,(H,13,14). The summed E-state index contributed by atoms with van der Waals surface area (Å²) in [4.78, 5) is 34.1. The highest BCUT2D eigenvalue weighted by atomic mass is 16.6. The summed E-state index contributed by atoms with van der Waals surface area (Å²) in [5, 5.41) is 2.37. The van der Waals surface area contributed by atoms with Crippen LogP contribution in [0, 0.1) is 0 Å². The highest BCUT2D eigenvalue weighted by Crippen LogP contribution is 2.03. The van der Waals surface area contributed by atoms with E-state index in [2.05, 4.69) is 5.32 Å². The van der Waals surface area contributed by atoms with Crippen molar-refractivity contribution in [3.05, 3.63) is 0 Å². The second-order valence-corrected chi connectivity index (χ2v) is 4.48. The molecule has 0 aromatic heterocycles. The maximum Gasteiger partial charge on any atom is 0.329 e. The third-order valence-corrected chi connectivity index (χ3v) is 1.75. The Balaban J connectivity index is 4.53. The topological polar surface area (TPSA) is 81.7 Å². The number of carbonyl (C=O) groups excluding carboxylic acids is 3. The van der Waals surface area contributed by atoms with Crippen molar-refractivity contribution < 1.29 is 23.9 Å². The first-order chi connectivity index (χ1) is 8.22. The zero-order chi connectivity index (χ0) is 14.3. The van der Waals surface area contributed by atoms with Crippen molar-refractivity contribution in [2.24, 2.45) is 0 Å². The number of amides is 1. The molecule has 6 nitrogen and oxygen atoms in total. The van der Waals surface area contributed by atoms with Crippen molar-refractivity contribution >= 4 is 17.8 Å². The van der Waals surface area contributed by atoms with Crippen LogP contribution in [-0.4, -0.2) is 36.1 Å². The number of hydrogen-bond acceptors (Lipinski definition) is 5. The van der Waals surface area contributed by atoms with E-state index in [0.29, 0.717) is 0 Å². The van der Waals surface area contributed by atoms with Gasteiger partial charge in [-0.2, -0.15) is 0 Å². The summed E-state index contributed by atoms with van der Waals surface area (Å²) in [5.74, 6) is -1.59. The molecule has 0 spiro atoms. The molecule has 0 aliphatic carbocycles. The lowest BCUT2D eigenvalue weighted by atomic mass is 10.2. The van der Waals surface area contributed by atoms with E-state index in [-0.39, 0.29) is 18.6 Å². The van der Waals surface area contributed by atoms with E-state index in [1.807, 2.05) is 0 Å². The predicted octanol–water partition coefficient (Wildman–Crippen LogP) is 0.784. The second kappa shape index (κ2) is 7.68. The summed E-state index contributed by atoms with van der Waals surface area (Å²) >= 11 is 0. The minimum Gasteiger partial charge on any atom is -0.463 e. The SMILES string of the molecule is CC(=O)NC(CC(=O)OC(C)C)C(=O)OC(C)C. The van der Waals surface area contributed by atoms with E-state index in [1.165, 1.54) is 6.92 Å². The van der Waals surface area contributed by atoms with Gasteiger partial charge in [-0.05, 0) is 27.7 Å². The van der Waals surface area contributed by atoms with Crippen molar-refractivity contribution in [3.8, 4) is 0 Å². The van der Waals surface area contributed by atoms with Gasteiger partial charge >= 0.3 is 11.9 Å². The van der Waals surface area contributed by atoms with E-state index >= 15 is 0 Å². The number of nitrogens with one attached hydrogen (secondary N) is 1. The summed E-state index contributed by atoms with van der Waals surface area (Å²) < 4.78 is 9.88. The Morgan fingerprint density at radius 3 is 1.89 bits per heavy atom. The third-order valence-electron chi connectivity index (χ3n) is 1.75. The summed E-state index contributed by atoms with van der Waals surface area (Å²) in [5.41, 5.74) is 0. The van der Waals surface area contributed by atoms with E-state index in [4.69, 9.17) is 9.47 Å². The molecule has 0 bridgehead atoms. The van der Waals surface area contributed by atoms with Gasteiger partial charge in [0.15, 0.2) is 0 Å². The Bertz CT molecular complexity index is 312. The zero-order valence-electron chi connectivity index (χ0n) is 11.5. The van der Waals surface area contributed by atoms with E-state index < -0.39 is 23.9 Å². The summed E-state index contributed by atoms with van der Waals surface area (Å²) in [6.45, 7) is 8.06. The Morgan fingerprint density at radius 1 is 1.00 bits per heavy atom. The molecule has 104 valence electrons. The van der Waals surface area contributed by atoms with Crippen LogP contribution in [0.2, 0.25) is 0 Å². The molecular formula is C12H21NO5. The molecule has 1 unspecified atom stereocenters. The first-order valence-electron chi connectivity index (χ1n) is 5.89. The minimum absolute atomic E-state index is 0.233. The number of ether oxygens (including phenoxy) is 2. The molecule has 0 fully saturated rings. The van der Waals surface area contributed by atoms with Crippen molar-refractivity contribution in [2.45, 2.75) is 59.3 Å². The molecule has 1 N–H and O–H groups in total. The van der Waals surface area contributed by atoms with Crippen LogP contribution in [0.15, 0.2) is 0 Å². The summed E-state index contributed by atoms with van der Waals surface area (Å²) in [6, 6.07) is -1.00. The number of rotatable bonds is 6. The fourth-order valence-corrected chi connectivity index (χ4v) is 1.23. The van der Waals surface area contributed by atoms with E-state index in [9.17, 15) is 14.4 Å². The van der Waals surface area contributed by atoms with Crippen molar-refractivity contribution in [3.63, 3.8) is 0 Å². The van der Waals surface area contributed by atoms with Gasteiger partial charge in [0.25, 0.3) is 0 Å². The predicted molar refractivity (Wildman–Crippen MR) is 64.7 cm³/mol. The van der Waals surface area contributed by atoms with Gasteiger partial charge in [-0.25, -0.2) is 4.79 Å². The fourth-order valence-electron chi connectivity index (χ4n) is 1.23. The van der Waals surface area contributed by atoms with Gasteiger partial charge in [-0.15, -0.1) is 0 Å². The first-order valence-corrected chi connectivity index (χ1v) is 5.89. The van der Waals surface area contributed by atoms with Crippen LogP contribution in [0.4, 0.5) is 0 Å². The van der Waals surface area contributed by atoms with Crippen LogP contribution in [0.3, 0.4) is 0 Å². The lowest BCUT2D eigenvalue weighted by Crippen LogP contribution is -2.43. The number of carbonyl (C=O) groups is 3. The number of esters is 2. The summed E-state index contributed by atoms with van der Waals surface area (Å²) in [6.07, 6.45) is -0.810. The summed E-state index contributed by atoms with van der Waals surface area (Å²) in [7, 11) is 0. The molecule has 0 saturated heterocycles. The van der Waals surface area contributed by atoms with E-state index in [0.717, 1.165) is 0 Å². The smallest absolute Gasteiger partial charge is 0.329 e. The molecule has 1 amide bonds. The third kappa shape index (κ3) is 7.65. The first kappa shape index (κ1) is 16.4. The molecule has 0 aliphatic heterocycles. The molecule has 0 saturated carbocycles. The van der Waals surface area contributed by atoms with Gasteiger partial charge in [0.1, 0.15) is 6.04 Å². The molecule has 18 heavy (non-hydrogen) atoms. The van der Waals surface area contributed by atoms with Crippen LogP contribution in [0.1, 0.15) is 41.0 Å². The van der Waals surface area contributed by atoms with Gasteiger partial charge in [0, 0.05) is 6.92 Å². The lowest BCUT2D eigenvalue weighted by molar-refractivity contribution is -0.157. The largest absolute Gasteiger partial charge is 0.463 e. The fraction of sp³-hybridized carbons (Fsp3) is 0.750. The molecule has 0 aromatic carbocycles. The van der Waals surface area contributed by atoms with Gasteiger partial charge in [0.2, 0.25) is 5.91 Å². The van der Waals surface area contributed by atoms with Gasteiger partial charge < -0.3 is 14.8 Å². The molecule has 0 heterocycles. The molecule has 6 heteroatoms. The van der Waals surface area contributed by atoms with Gasteiger partial charge in [-0.3, -0.25) is 9.59 Å². The molecular weight excluding hydrogens is 238 g/mol. The maximum atomic E-state index is 11.7. The van der Waals surface area contributed by atoms with E-state index in [1.54, 1.807) is 27.7 Å². The van der Waals surface area contributed by atoms with Crippen LogP contribution >= 0.6 is 0 Å². The molecule has 0 radical (unpaired) electrons. The Morgan fingerprint density at radius 2 is 1.50 bits per heavy atom. The van der Waals surface area contributed by atoms with Crippen LogP contribution in [0.5, 0.6) is 0 Å². The monoisotopic (exact) mass is 259 g/mol. The zero-order valence-corrected chi connectivity index (χ0v) is 11.5. The minimum atomic E-state index is -1.00. The normalized spacial score (nSPS) is 12.2. The maximum absolute atomic E-state index is 11.7. The quantitative estimate of drug-likeness (QED) is 0.713. The van der Waals surface area contributed by atoms with Gasteiger partial charge in [0.05, 0.1) is 18.6 Å². The Labute approximate surface area is 107 Å². The lowest BCUT2D eigenvalue weighted by Gasteiger charge is -2.18. The number of hydrogen-bond donors (Lipinski definition) is 1. The van der Waals surface area contributed by atoms with Crippen LogP contribution < -0.4 is 5.32 Å².